The molecule has 2 rings (SSSR count). The van der Waals surface area contributed by atoms with Crippen LogP contribution < -0.4 is 0 Å². The van der Waals surface area contributed by atoms with Crippen LogP contribution in [0.2, 0.25) is 0 Å². The molecule has 5 atom stereocenters. The summed E-state index contributed by atoms with van der Waals surface area (Å²) in [6.45, 7) is 32.4. The van der Waals surface area contributed by atoms with E-state index in [1.54, 1.807) is 65.8 Å². The molecule has 1 fully saturated rings. The van der Waals surface area contributed by atoms with Crippen molar-refractivity contribution in [1.29, 1.82) is 0 Å². The fourth-order valence-electron chi connectivity index (χ4n) is 2.82. The van der Waals surface area contributed by atoms with Crippen LogP contribution in [0.25, 0.3) is 0 Å². The Morgan fingerprint density at radius 3 is 1.56 bits per heavy atom. The summed E-state index contributed by atoms with van der Waals surface area (Å²) in [5.41, 5.74) is 0. The van der Waals surface area contributed by atoms with Gasteiger partial charge in [0.25, 0.3) is 0 Å². The second kappa shape index (κ2) is 50.2. The summed E-state index contributed by atoms with van der Waals surface area (Å²) in [6.07, 6.45) is 10.6. The van der Waals surface area contributed by atoms with E-state index >= 15 is 0 Å². The van der Waals surface area contributed by atoms with Crippen molar-refractivity contribution in [3.05, 3.63) is 75.4 Å². The lowest BCUT2D eigenvalue weighted by Crippen LogP contribution is -2.26. The summed E-state index contributed by atoms with van der Waals surface area (Å²) in [7, 11) is 0. The number of carbonyl (C=O) groups is 5. The first-order chi connectivity index (χ1) is 28.1. The Kier molecular flexibility index (Phi) is 54.6. The molecule has 16 nitrogen and oxygen atoms in total. The van der Waals surface area contributed by atoms with Gasteiger partial charge < -0.3 is 52.8 Å². The molecule has 5 unspecified atom stereocenters. The van der Waals surface area contributed by atoms with Gasteiger partial charge in [-0.1, -0.05) is 59.0 Å². The number of cyclic esters (lactones) is 2. The van der Waals surface area contributed by atoms with Crippen molar-refractivity contribution < 1.29 is 76.8 Å². The number of esters is 5. The normalized spacial score (nSPS) is 16.6. The maximum absolute atomic E-state index is 11.0. The first-order valence-electron chi connectivity index (χ1n) is 18.9. The van der Waals surface area contributed by atoms with E-state index in [0.717, 1.165) is 18.2 Å². The number of aliphatic hydroxyl groups excluding tert-OH is 2. The first kappa shape index (κ1) is 64.2. The third-order valence-corrected chi connectivity index (χ3v) is 6.29. The van der Waals surface area contributed by atoms with Crippen LogP contribution in [0.4, 0.5) is 0 Å². The molecule has 59 heavy (non-hydrogen) atoms. The highest BCUT2D eigenvalue weighted by Gasteiger charge is 2.17. The van der Waals surface area contributed by atoms with Gasteiger partial charge in [0.05, 0.1) is 46.2 Å². The smallest absolute Gasteiger partial charge is 0.335 e. The second-order valence-corrected chi connectivity index (χ2v) is 11.7. The van der Waals surface area contributed by atoms with E-state index in [1.165, 1.54) is 19.1 Å². The fourth-order valence-corrected chi connectivity index (χ4v) is 2.82. The van der Waals surface area contributed by atoms with Gasteiger partial charge in [0, 0.05) is 11.9 Å². The van der Waals surface area contributed by atoms with Gasteiger partial charge in [-0.15, -0.1) is 26.3 Å². The Labute approximate surface area is 360 Å². The van der Waals surface area contributed by atoms with E-state index in [4.69, 9.17) is 48.1 Å². The predicted molar refractivity (Wildman–Crippen MR) is 230 cm³/mol. The van der Waals surface area contributed by atoms with Crippen LogP contribution in [0.1, 0.15) is 61.3 Å². The summed E-state index contributed by atoms with van der Waals surface area (Å²) in [5.74, 6) is -1.79. The molecule has 0 aromatic carbocycles. The third kappa shape index (κ3) is 50.1. The van der Waals surface area contributed by atoms with Crippen molar-refractivity contribution >= 4 is 45.8 Å². The molecule has 1 saturated heterocycles. The maximum atomic E-state index is 11.0. The fraction of sp³-hybridized carbons (Fsp3) is 0.595. The number of hydrogen-bond acceptors (Lipinski definition) is 16. The zero-order chi connectivity index (χ0) is 46.3. The molecule has 0 amide bonds. The van der Waals surface area contributed by atoms with E-state index in [1.807, 2.05) is 6.08 Å². The zero-order valence-electron chi connectivity index (χ0n) is 36.1. The molecular weight excluding hydrogens is 840 g/mol. The number of ether oxygens (including phenoxy) is 9. The van der Waals surface area contributed by atoms with Gasteiger partial charge in [0.2, 0.25) is 0 Å². The van der Waals surface area contributed by atoms with Crippen LogP contribution in [-0.4, -0.2) is 142 Å². The Hall–Kier alpha value is -3.97. The lowest BCUT2D eigenvalue weighted by atomic mass is 10.3. The summed E-state index contributed by atoms with van der Waals surface area (Å²) < 4.78 is 43.6. The van der Waals surface area contributed by atoms with Crippen molar-refractivity contribution in [3.63, 3.8) is 0 Å². The molecule has 342 valence electrons. The largest absolute Gasteiger partial charge is 0.464 e. The predicted octanol–water partition coefficient (Wildman–Crippen LogP) is 5.34. The van der Waals surface area contributed by atoms with Gasteiger partial charge in [-0.25, -0.2) is 24.0 Å². The molecular formula is C42H71BrO16. The minimum Gasteiger partial charge on any atom is -0.464 e. The minimum atomic E-state index is -0.991. The summed E-state index contributed by atoms with van der Waals surface area (Å²) in [6, 6.07) is 0. The van der Waals surface area contributed by atoms with Crippen LogP contribution in [0.15, 0.2) is 75.4 Å². The highest BCUT2D eigenvalue weighted by molar-refractivity contribution is 9.09. The van der Waals surface area contributed by atoms with Crippen LogP contribution in [0.5, 0.6) is 0 Å². The third-order valence-electron chi connectivity index (χ3n) is 5.83. The highest BCUT2D eigenvalue weighted by Crippen LogP contribution is 2.03. The van der Waals surface area contributed by atoms with Crippen LogP contribution >= 0.6 is 15.9 Å². The number of halogens is 1. The lowest BCUT2D eigenvalue weighted by Gasteiger charge is -2.15. The second-order valence-electron chi connectivity index (χ2n) is 11.0. The Balaban J connectivity index is -0.000000197. The molecule has 0 aromatic heterocycles. The van der Waals surface area contributed by atoms with E-state index in [0.29, 0.717) is 52.9 Å². The Morgan fingerprint density at radius 2 is 1.14 bits per heavy atom. The molecule has 2 aliphatic heterocycles. The van der Waals surface area contributed by atoms with Gasteiger partial charge in [0.1, 0.15) is 19.3 Å². The molecule has 17 heteroatoms. The summed E-state index contributed by atoms with van der Waals surface area (Å²) in [5, 5.41) is 17.1. The van der Waals surface area contributed by atoms with Crippen molar-refractivity contribution in [2.24, 2.45) is 0 Å². The standard InChI is InChI=1S/C9H14O3.C8H14O3.C7H12O3.C7H10O3.C5H10O3.C3H5Br.C3H6O/c1-4-6-11-8(3)9(10)12-7-5-2;1-4-6-11-7(3)8(9)10-5-2;2*1-6-7(8)10-5-3-2-4-9-6;1-3-8-5(7)4(2)6;2*1-2-3-4/h4-5,8H,1-2,6-7H2,3H3;4,7H,1,5-6H2,2-3H3;6H,2-5H2,1H3;2-3,6H,4-5H2,1H3;4,6H,3H2,1-2H3;2H,1,3H2;2,4H,1,3H2. The SMILES string of the molecule is C=CCBr.C=CCO.C=CCOC(=O)C(C)OCC=C.C=CCOC(C)C(=O)OCC.CC1OCC=CCOC1=O.CC1OCCCCOC1=O.CCOC(=O)C(C)O. The van der Waals surface area contributed by atoms with Gasteiger partial charge >= 0.3 is 29.8 Å². The van der Waals surface area contributed by atoms with Gasteiger partial charge in [0.15, 0.2) is 24.4 Å². The topological polar surface area (TPSA) is 209 Å². The molecule has 0 spiro atoms. The zero-order valence-corrected chi connectivity index (χ0v) is 37.7. The molecule has 2 heterocycles. The summed E-state index contributed by atoms with van der Waals surface area (Å²) >= 11 is 3.13. The number of carbonyl (C=O) groups excluding carboxylic acids is 5. The Morgan fingerprint density at radius 1 is 0.712 bits per heavy atom. The van der Waals surface area contributed by atoms with Crippen molar-refractivity contribution in [1.82, 2.24) is 0 Å². The highest BCUT2D eigenvalue weighted by atomic mass is 79.9. The number of rotatable bonds is 15. The van der Waals surface area contributed by atoms with Crippen LogP contribution in [0.3, 0.4) is 0 Å². The molecule has 0 aliphatic carbocycles. The summed E-state index contributed by atoms with van der Waals surface area (Å²) in [4.78, 5) is 53.7. The molecule has 0 aromatic rings. The lowest BCUT2D eigenvalue weighted by molar-refractivity contribution is -0.158. The molecule has 2 aliphatic rings. The average Bonchev–Trinajstić information content (AvgIpc) is 3.22. The molecule has 0 radical (unpaired) electrons. The van der Waals surface area contributed by atoms with Crippen molar-refractivity contribution in [3.8, 4) is 0 Å². The number of alkyl halides is 1. The molecule has 0 bridgehead atoms. The van der Waals surface area contributed by atoms with Crippen molar-refractivity contribution in [2.45, 2.75) is 91.8 Å². The number of hydrogen-bond donors (Lipinski definition) is 2. The van der Waals surface area contributed by atoms with Gasteiger partial charge in [-0.05, 0) is 67.4 Å². The monoisotopic (exact) mass is 910 g/mol. The van der Waals surface area contributed by atoms with E-state index in [-0.39, 0.29) is 43.2 Å². The van der Waals surface area contributed by atoms with E-state index < -0.39 is 30.4 Å². The molecule has 0 saturated carbocycles. The molecule has 2 N–H and O–H groups in total. The quantitative estimate of drug-likeness (QED) is 0.0920. The van der Waals surface area contributed by atoms with Crippen LogP contribution in [-0.2, 0) is 66.6 Å². The van der Waals surface area contributed by atoms with Crippen molar-refractivity contribution in [2.75, 3.05) is 71.4 Å². The maximum Gasteiger partial charge on any atom is 0.335 e. The first-order valence-corrected chi connectivity index (χ1v) is 20.0. The Bertz CT molecular complexity index is 1130. The van der Waals surface area contributed by atoms with Gasteiger partial charge in [-0.3, -0.25) is 0 Å². The van der Waals surface area contributed by atoms with E-state index in [2.05, 4.69) is 53.6 Å². The number of allylic oxidation sites excluding steroid dienone is 1. The minimum absolute atomic E-state index is 0.0833. The average molecular weight is 912 g/mol. The number of aliphatic hydroxyl groups is 2. The van der Waals surface area contributed by atoms with Gasteiger partial charge in [-0.2, -0.15) is 0 Å². The van der Waals surface area contributed by atoms with E-state index in [9.17, 15) is 24.0 Å². The van der Waals surface area contributed by atoms with Crippen LogP contribution in [0, 0.1) is 0 Å².